The number of carboxylic acid groups (broad SMARTS) is 1. The first-order chi connectivity index (χ1) is 8.97. The second kappa shape index (κ2) is 7.51. The van der Waals surface area contributed by atoms with E-state index in [1.165, 1.54) is 0 Å². The van der Waals surface area contributed by atoms with Gasteiger partial charge in [-0.15, -0.1) is 0 Å². The lowest BCUT2D eigenvalue weighted by atomic mass is 9.69. The van der Waals surface area contributed by atoms with E-state index in [1.807, 2.05) is 0 Å². The molecule has 1 rings (SSSR count). The zero-order valence-electron chi connectivity index (χ0n) is 12.2. The highest BCUT2D eigenvalue weighted by atomic mass is 16.4. The molecule has 4 heteroatoms. The second-order valence-electron chi connectivity index (χ2n) is 6.13. The van der Waals surface area contributed by atoms with Gasteiger partial charge in [-0.25, -0.2) is 0 Å². The number of nitrogens with one attached hydrogen (secondary N) is 1. The fourth-order valence-corrected chi connectivity index (χ4v) is 2.87. The van der Waals surface area contributed by atoms with Crippen molar-refractivity contribution in [2.75, 3.05) is 6.54 Å². The van der Waals surface area contributed by atoms with Crippen molar-refractivity contribution >= 4 is 11.9 Å². The molecule has 0 saturated heterocycles. The fraction of sp³-hybridized carbons (Fsp3) is 0.867. The first-order valence-corrected chi connectivity index (χ1v) is 7.46. The summed E-state index contributed by atoms with van der Waals surface area (Å²) in [6, 6.07) is 0. The van der Waals surface area contributed by atoms with Gasteiger partial charge in [0, 0.05) is 13.0 Å². The SMILES string of the molecule is CCC(C)CNC(=O)CC1(CC(=O)O)CCCCC1. The monoisotopic (exact) mass is 269 g/mol. The second-order valence-corrected chi connectivity index (χ2v) is 6.13. The molecule has 0 spiro atoms. The summed E-state index contributed by atoms with van der Waals surface area (Å²) in [6.07, 6.45) is 6.54. The Kier molecular flexibility index (Phi) is 6.32. The molecule has 0 aromatic carbocycles. The van der Waals surface area contributed by atoms with Crippen LogP contribution in [0.3, 0.4) is 0 Å². The van der Waals surface area contributed by atoms with Crippen LogP contribution in [0, 0.1) is 11.3 Å². The number of carbonyl (C=O) groups excluding carboxylic acids is 1. The van der Waals surface area contributed by atoms with Crippen LogP contribution in [0.5, 0.6) is 0 Å². The highest BCUT2D eigenvalue weighted by molar-refractivity contribution is 5.78. The highest BCUT2D eigenvalue weighted by Crippen LogP contribution is 2.42. The zero-order chi connectivity index (χ0) is 14.3. The Balaban J connectivity index is 2.52. The molecule has 1 fully saturated rings. The molecule has 1 aliphatic rings. The Bertz CT molecular complexity index is 309. The summed E-state index contributed by atoms with van der Waals surface area (Å²) in [4.78, 5) is 23.0. The van der Waals surface area contributed by atoms with E-state index in [0.717, 1.165) is 38.5 Å². The Morgan fingerprint density at radius 1 is 1.21 bits per heavy atom. The van der Waals surface area contributed by atoms with E-state index in [0.29, 0.717) is 18.9 Å². The molecule has 110 valence electrons. The fourth-order valence-electron chi connectivity index (χ4n) is 2.87. The third-order valence-corrected chi connectivity index (χ3v) is 4.32. The van der Waals surface area contributed by atoms with Crippen LogP contribution in [0.15, 0.2) is 0 Å². The van der Waals surface area contributed by atoms with Crippen LogP contribution in [0.4, 0.5) is 0 Å². The topological polar surface area (TPSA) is 66.4 Å². The van der Waals surface area contributed by atoms with Gasteiger partial charge in [-0.3, -0.25) is 9.59 Å². The van der Waals surface area contributed by atoms with Crippen LogP contribution in [0.2, 0.25) is 0 Å². The number of hydrogen-bond acceptors (Lipinski definition) is 2. The predicted octanol–water partition coefficient (Wildman–Crippen LogP) is 2.96. The summed E-state index contributed by atoms with van der Waals surface area (Å²) in [7, 11) is 0. The molecule has 1 saturated carbocycles. The van der Waals surface area contributed by atoms with Gasteiger partial charge in [0.25, 0.3) is 0 Å². The molecule has 19 heavy (non-hydrogen) atoms. The van der Waals surface area contributed by atoms with Crippen LogP contribution in [-0.2, 0) is 9.59 Å². The van der Waals surface area contributed by atoms with Crippen LogP contribution >= 0.6 is 0 Å². The van der Waals surface area contributed by atoms with E-state index in [1.54, 1.807) is 0 Å². The van der Waals surface area contributed by atoms with Crippen LogP contribution in [0.1, 0.15) is 65.2 Å². The molecule has 0 aromatic rings. The van der Waals surface area contributed by atoms with E-state index < -0.39 is 5.97 Å². The minimum absolute atomic E-state index is 0.0171. The molecule has 1 aliphatic carbocycles. The normalized spacial score (nSPS) is 19.7. The lowest BCUT2D eigenvalue weighted by Crippen LogP contribution is -2.36. The van der Waals surface area contributed by atoms with Gasteiger partial charge in [0.1, 0.15) is 0 Å². The van der Waals surface area contributed by atoms with Gasteiger partial charge in [0.05, 0.1) is 6.42 Å². The lowest BCUT2D eigenvalue weighted by molar-refractivity contribution is -0.141. The van der Waals surface area contributed by atoms with Gasteiger partial charge in [0.15, 0.2) is 0 Å². The van der Waals surface area contributed by atoms with Gasteiger partial charge in [0.2, 0.25) is 5.91 Å². The number of rotatable bonds is 7. The van der Waals surface area contributed by atoms with E-state index in [4.69, 9.17) is 5.11 Å². The first-order valence-electron chi connectivity index (χ1n) is 7.46. The molecule has 0 aromatic heterocycles. The summed E-state index contributed by atoms with van der Waals surface area (Å²) in [5.74, 6) is -0.286. The first kappa shape index (κ1) is 16.0. The molecule has 1 atom stereocenters. The van der Waals surface area contributed by atoms with Gasteiger partial charge in [-0.1, -0.05) is 39.5 Å². The van der Waals surface area contributed by atoms with Gasteiger partial charge < -0.3 is 10.4 Å². The maximum Gasteiger partial charge on any atom is 0.303 e. The van der Waals surface area contributed by atoms with Crippen molar-refractivity contribution in [2.24, 2.45) is 11.3 Å². The largest absolute Gasteiger partial charge is 0.481 e. The Hall–Kier alpha value is -1.06. The number of aliphatic carboxylic acids is 1. The quantitative estimate of drug-likeness (QED) is 0.746. The lowest BCUT2D eigenvalue weighted by Gasteiger charge is -2.35. The van der Waals surface area contributed by atoms with Gasteiger partial charge in [-0.05, 0) is 24.2 Å². The maximum absolute atomic E-state index is 12.0. The summed E-state index contributed by atoms with van der Waals surface area (Å²) in [6.45, 7) is 4.90. The molecule has 0 bridgehead atoms. The molecule has 0 radical (unpaired) electrons. The molecular formula is C15H27NO3. The van der Waals surface area contributed by atoms with Crippen molar-refractivity contribution in [1.29, 1.82) is 0 Å². The van der Waals surface area contributed by atoms with E-state index in [9.17, 15) is 9.59 Å². The molecule has 1 amide bonds. The molecule has 0 heterocycles. The van der Waals surface area contributed by atoms with Crippen molar-refractivity contribution in [3.8, 4) is 0 Å². The number of hydrogen-bond donors (Lipinski definition) is 2. The summed E-state index contributed by atoms with van der Waals surface area (Å²) < 4.78 is 0. The molecule has 1 unspecified atom stereocenters. The average Bonchev–Trinajstić information content (AvgIpc) is 2.35. The van der Waals surface area contributed by atoms with Gasteiger partial charge >= 0.3 is 5.97 Å². The standard InChI is InChI=1S/C15H27NO3/c1-3-12(2)11-16-13(17)9-15(10-14(18)19)7-5-4-6-8-15/h12H,3-11H2,1-2H3,(H,16,17)(H,18,19). The number of carboxylic acids is 1. The van der Waals surface area contributed by atoms with Crippen molar-refractivity contribution in [1.82, 2.24) is 5.32 Å². The zero-order valence-corrected chi connectivity index (χ0v) is 12.2. The Labute approximate surface area is 116 Å². The van der Waals surface area contributed by atoms with Crippen molar-refractivity contribution < 1.29 is 14.7 Å². The third kappa shape index (κ3) is 5.62. The number of amides is 1. The Morgan fingerprint density at radius 2 is 1.84 bits per heavy atom. The molecule has 0 aliphatic heterocycles. The minimum atomic E-state index is -0.781. The van der Waals surface area contributed by atoms with Gasteiger partial charge in [-0.2, -0.15) is 0 Å². The molecular weight excluding hydrogens is 242 g/mol. The van der Waals surface area contributed by atoms with E-state index >= 15 is 0 Å². The van der Waals surface area contributed by atoms with Crippen molar-refractivity contribution in [3.05, 3.63) is 0 Å². The third-order valence-electron chi connectivity index (χ3n) is 4.32. The van der Waals surface area contributed by atoms with Crippen LogP contribution < -0.4 is 5.32 Å². The number of carbonyl (C=O) groups is 2. The molecule has 4 nitrogen and oxygen atoms in total. The predicted molar refractivity (Wildman–Crippen MR) is 74.9 cm³/mol. The minimum Gasteiger partial charge on any atom is -0.481 e. The molecule has 2 N–H and O–H groups in total. The average molecular weight is 269 g/mol. The summed E-state index contributed by atoms with van der Waals surface area (Å²) in [5, 5.41) is 12.0. The van der Waals surface area contributed by atoms with E-state index in [-0.39, 0.29) is 17.7 Å². The Morgan fingerprint density at radius 3 is 2.37 bits per heavy atom. The van der Waals surface area contributed by atoms with Crippen molar-refractivity contribution in [3.63, 3.8) is 0 Å². The summed E-state index contributed by atoms with van der Waals surface area (Å²) >= 11 is 0. The van der Waals surface area contributed by atoms with E-state index in [2.05, 4.69) is 19.2 Å². The van der Waals surface area contributed by atoms with Crippen molar-refractivity contribution in [2.45, 2.75) is 65.2 Å². The maximum atomic E-state index is 12.0. The summed E-state index contributed by atoms with van der Waals surface area (Å²) in [5.41, 5.74) is -0.302. The van der Waals surface area contributed by atoms with Crippen LogP contribution in [-0.4, -0.2) is 23.5 Å². The highest BCUT2D eigenvalue weighted by Gasteiger charge is 2.36. The van der Waals surface area contributed by atoms with Crippen LogP contribution in [0.25, 0.3) is 0 Å². The smallest absolute Gasteiger partial charge is 0.303 e.